The van der Waals surface area contributed by atoms with Crippen molar-refractivity contribution in [3.8, 4) is 0 Å². The third-order valence-corrected chi connectivity index (χ3v) is 2.74. The van der Waals surface area contributed by atoms with Gasteiger partial charge in [0.1, 0.15) is 0 Å². The van der Waals surface area contributed by atoms with Crippen molar-refractivity contribution in [2.45, 2.75) is 53.5 Å². The fraction of sp³-hybridized carbons (Fsp3) is 0.667. The lowest BCUT2D eigenvalue weighted by Crippen LogP contribution is -2.11. The van der Waals surface area contributed by atoms with Crippen LogP contribution in [0.3, 0.4) is 0 Å². The zero-order valence-electron chi connectivity index (χ0n) is 10.3. The summed E-state index contributed by atoms with van der Waals surface area (Å²) in [4.78, 5) is 11.4. The summed E-state index contributed by atoms with van der Waals surface area (Å²) in [5.74, 6) is 0.700. The molecule has 0 N–H and O–H groups in total. The van der Waals surface area contributed by atoms with Crippen LogP contribution in [0.4, 0.5) is 0 Å². The number of carbonyl (C=O) groups excluding carboxylic acids is 1. The van der Waals surface area contributed by atoms with Crippen LogP contribution in [0.5, 0.6) is 0 Å². The van der Waals surface area contributed by atoms with Gasteiger partial charge in [0.15, 0.2) is 5.78 Å². The van der Waals surface area contributed by atoms with Gasteiger partial charge in [0.2, 0.25) is 0 Å². The third-order valence-electron chi connectivity index (χ3n) is 2.74. The van der Waals surface area contributed by atoms with Crippen LogP contribution >= 0.6 is 0 Å². The van der Waals surface area contributed by atoms with Crippen LogP contribution in [-0.2, 0) is 11.3 Å². The van der Waals surface area contributed by atoms with Gasteiger partial charge in [0.05, 0.1) is 12.2 Å². The SMILES string of the molecule is CCC(=O)Cn1nc(C)c(C(C)C)c1C. The molecule has 0 atom stereocenters. The topological polar surface area (TPSA) is 34.9 Å². The molecule has 0 saturated carbocycles. The van der Waals surface area contributed by atoms with Gasteiger partial charge in [-0.15, -0.1) is 0 Å². The maximum Gasteiger partial charge on any atom is 0.154 e. The number of carbonyl (C=O) groups is 1. The van der Waals surface area contributed by atoms with E-state index in [2.05, 4.69) is 18.9 Å². The van der Waals surface area contributed by atoms with Gasteiger partial charge < -0.3 is 0 Å². The molecule has 0 spiro atoms. The summed E-state index contributed by atoms with van der Waals surface area (Å²) >= 11 is 0. The normalized spacial score (nSPS) is 11.1. The van der Waals surface area contributed by atoms with E-state index in [1.165, 1.54) is 5.56 Å². The van der Waals surface area contributed by atoms with E-state index in [1.54, 1.807) is 0 Å². The van der Waals surface area contributed by atoms with Gasteiger partial charge >= 0.3 is 0 Å². The van der Waals surface area contributed by atoms with Crippen molar-refractivity contribution in [2.75, 3.05) is 0 Å². The summed E-state index contributed by atoms with van der Waals surface area (Å²) in [7, 11) is 0. The lowest BCUT2D eigenvalue weighted by atomic mass is 10.0. The maximum atomic E-state index is 11.4. The van der Waals surface area contributed by atoms with Gasteiger partial charge in [-0.25, -0.2) is 0 Å². The van der Waals surface area contributed by atoms with Crippen LogP contribution < -0.4 is 0 Å². The molecule has 0 bridgehead atoms. The van der Waals surface area contributed by atoms with Crippen LogP contribution in [0.2, 0.25) is 0 Å². The van der Waals surface area contributed by atoms with Crippen LogP contribution in [0.15, 0.2) is 0 Å². The Morgan fingerprint density at radius 3 is 2.40 bits per heavy atom. The molecular weight excluding hydrogens is 188 g/mol. The summed E-state index contributed by atoms with van der Waals surface area (Å²) in [6.07, 6.45) is 0.579. The van der Waals surface area contributed by atoms with E-state index in [1.807, 2.05) is 25.5 Å². The Labute approximate surface area is 91.5 Å². The quantitative estimate of drug-likeness (QED) is 0.762. The highest BCUT2D eigenvalue weighted by Crippen LogP contribution is 2.22. The molecule has 0 saturated heterocycles. The Morgan fingerprint density at radius 1 is 1.40 bits per heavy atom. The standard InChI is InChI=1S/C12H20N2O/c1-6-11(15)7-14-10(5)12(8(2)3)9(4)13-14/h8H,6-7H2,1-5H3. The van der Waals surface area contributed by atoms with Crippen LogP contribution in [-0.4, -0.2) is 15.6 Å². The summed E-state index contributed by atoms with van der Waals surface area (Å²) < 4.78 is 1.83. The van der Waals surface area contributed by atoms with E-state index in [9.17, 15) is 4.79 Å². The summed E-state index contributed by atoms with van der Waals surface area (Å²) in [5.41, 5.74) is 3.45. The maximum absolute atomic E-state index is 11.4. The van der Waals surface area contributed by atoms with Crippen molar-refractivity contribution in [3.05, 3.63) is 17.0 Å². The molecule has 0 aromatic carbocycles. The van der Waals surface area contributed by atoms with Gasteiger partial charge in [-0.05, 0) is 25.3 Å². The Hall–Kier alpha value is -1.12. The first-order valence-electron chi connectivity index (χ1n) is 5.53. The fourth-order valence-electron chi connectivity index (χ4n) is 1.98. The monoisotopic (exact) mass is 208 g/mol. The molecule has 0 unspecified atom stereocenters. The second-order valence-electron chi connectivity index (χ2n) is 4.29. The Morgan fingerprint density at radius 2 is 2.00 bits per heavy atom. The van der Waals surface area contributed by atoms with E-state index in [-0.39, 0.29) is 5.78 Å². The largest absolute Gasteiger partial charge is 0.298 e. The zero-order chi connectivity index (χ0) is 11.6. The predicted octanol–water partition coefficient (Wildman–Crippen LogP) is 2.60. The number of hydrogen-bond acceptors (Lipinski definition) is 2. The fourth-order valence-corrected chi connectivity index (χ4v) is 1.98. The number of aromatic nitrogens is 2. The zero-order valence-corrected chi connectivity index (χ0v) is 10.3. The molecule has 1 aromatic heterocycles. The molecule has 3 nitrogen and oxygen atoms in total. The van der Waals surface area contributed by atoms with Crippen molar-refractivity contribution < 1.29 is 4.79 Å². The van der Waals surface area contributed by atoms with E-state index < -0.39 is 0 Å². The van der Waals surface area contributed by atoms with Crippen molar-refractivity contribution in [3.63, 3.8) is 0 Å². The number of hydrogen-bond donors (Lipinski definition) is 0. The summed E-state index contributed by atoms with van der Waals surface area (Å²) in [5, 5.41) is 4.42. The summed E-state index contributed by atoms with van der Waals surface area (Å²) in [6.45, 7) is 10.7. The molecule has 0 aliphatic heterocycles. The van der Waals surface area contributed by atoms with Crippen LogP contribution in [0, 0.1) is 13.8 Å². The minimum absolute atomic E-state index is 0.232. The molecule has 0 aliphatic rings. The van der Waals surface area contributed by atoms with Crippen molar-refractivity contribution in [1.82, 2.24) is 9.78 Å². The van der Waals surface area contributed by atoms with Crippen LogP contribution in [0.25, 0.3) is 0 Å². The minimum atomic E-state index is 0.232. The van der Waals surface area contributed by atoms with Gasteiger partial charge in [-0.3, -0.25) is 9.48 Å². The number of ketones is 1. The molecular formula is C12H20N2O. The van der Waals surface area contributed by atoms with Gasteiger partial charge in [-0.1, -0.05) is 20.8 Å². The third kappa shape index (κ3) is 2.46. The number of nitrogens with zero attached hydrogens (tertiary/aromatic N) is 2. The lowest BCUT2D eigenvalue weighted by molar-refractivity contribution is -0.119. The highest BCUT2D eigenvalue weighted by atomic mass is 16.1. The van der Waals surface area contributed by atoms with Gasteiger partial charge in [-0.2, -0.15) is 5.10 Å². The lowest BCUT2D eigenvalue weighted by Gasteiger charge is -2.06. The van der Waals surface area contributed by atoms with Gasteiger partial charge in [0, 0.05) is 12.1 Å². The number of rotatable bonds is 4. The molecule has 15 heavy (non-hydrogen) atoms. The molecule has 0 fully saturated rings. The van der Waals surface area contributed by atoms with Crippen molar-refractivity contribution in [2.24, 2.45) is 0 Å². The second kappa shape index (κ2) is 4.60. The molecule has 0 radical (unpaired) electrons. The number of aryl methyl sites for hydroxylation is 1. The average molecular weight is 208 g/mol. The summed E-state index contributed by atoms with van der Waals surface area (Å²) in [6, 6.07) is 0. The molecule has 1 heterocycles. The first kappa shape index (κ1) is 12.0. The van der Waals surface area contributed by atoms with Crippen LogP contribution in [0.1, 0.15) is 50.1 Å². The molecule has 0 amide bonds. The van der Waals surface area contributed by atoms with E-state index in [0.717, 1.165) is 11.4 Å². The van der Waals surface area contributed by atoms with E-state index in [0.29, 0.717) is 18.9 Å². The highest BCUT2D eigenvalue weighted by molar-refractivity contribution is 5.77. The second-order valence-corrected chi connectivity index (χ2v) is 4.29. The average Bonchev–Trinajstić information content (AvgIpc) is 2.41. The smallest absolute Gasteiger partial charge is 0.154 e. The molecule has 1 aromatic rings. The van der Waals surface area contributed by atoms with E-state index in [4.69, 9.17) is 0 Å². The van der Waals surface area contributed by atoms with Crippen molar-refractivity contribution in [1.29, 1.82) is 0 Å². The molecule has 3 heteroatoms. The minimum Gasteiger partial charge on any atom is -0.298 e. The Balaban J connectivity index is 3.01. The Kier molecular flexibility index (Phi) is 3.66. The number of Topliss-reactive ketones (excluding diaryl/α,β-unsaturated/α-hetero) is 1. The molecule has 1 rings (SSSR count). The highest BCUT2D eigenvalue weighted by Gasteiger charge is 2.15. The first-order chi connectivity index (χ1) is 6.97. The van der Waals surface area contributed by atoms with Gasteiger partial charge in [0.25, 0.3) is 0 Å². The Bertz CT molecular complexity index is 364. The molecule has 0 aliphatic carbocycles. The first-order valence-corrected chi connectivity index (χ1v) is 5.53. The van der Waals surface area contributed by atoms with E-state index >= 15 is 0 Å². The van der Waals surface area contributed by atoms with Crippen molar-refractivity contribution >= 4 is 5.78 Å². The predicted molar refractivity (Wildman–Crippen MR) is 61.1 cm³/mol. The molecule has 84 valence electrons.